The minimum Gasteiger partial charge on any atom is -0.305 e. The van der Waals surface area contributed by atoms with Gasteiger partial charge in [0.2, 0.25) is 0 Å². The van der Waals surface area contributed by atoms with Crippen LogP contribution in [0, 0.1) is 6.92 Å². The van der Waals surface area contributed by atoms with E-state index < -0.39 is 0 Å². The van der Waals surface area contributed by atoms with Crippen molar-refractivity contribution in [1.29, 1.82) is 0 Å². The third-order valence-electron chi connectivity index (χ3n) is 3.06. The summed E-state index contributed by atoms with van der Waals surface area (Å²) >= 11 is 3.43. The molecular formula is C16H19BrN2. The van der Waals surface area contributed by atoms with Gasteiger partial charge in [-0.05, 0) is 53.5 Å². The van der Waals surface area contributed by atoms with Crippen molar-refractivity contribution < 1.29 is 0 Å². The Labute approximate surface area is 123 Å². The fourth-order valence-electron chi connectivity index (χ4n) is 2.00. The van der Waals surface area contributed by atoms with Gasteiger partial charge in [0.05, 0.1) is 11.7 Å². The molecule has 0 radical (unpaired) electrons. The highest BCUT2D eigenvalue weighted by molar-refractivity contribution is 9.10. The summed E-state index contributed by atoms with van der Waals surface area (Å²) in [6.45, 7) is 5.26. The van der Waals surface area contributed by atoms with Crippen LogP contribution in [-0.2, 0) is 0 Å². The van der Waals surface area contributed by atoms with E-state index in [1.165, 1.54) is 11.1 Å². The normalized spacial score (nSPS) is 12.4. The van der Waals surface area contributed by atoms with Gasteiger partial charge in [-0.3, -0.25) is 4.98 Å². The van der Waals surface area contributed by atoms with Crippen molar-refractivity contribution in [2.24, 2.45) is 0 Å². The Morgan fingerprint density at radius 3 is 2.47 bits per heavy atom. The highest BCUT2D eigenvalue weighted by atomic mass is 79.9. The van der Waals surface area contributed by atoms with Gasteiger partial charge in [-0.15, -0.1) is 0 Å². The predicted octanol–water partition coefficient (Wildman–Crippen LogP) is 4.24. The lowest BCUT2D eigenvalue weighted by molar-refractivity contribution is 0.586. The molecule has 3 heteroatoms. The first kappa shape index (κ1) is 14.2. The van der Waals surface area contributed by atoms with Crippen molar-refractivity contribution in [3.8, 4) is 0 Å². The molecule has 0 aliphatic heterocycles. The van der Waals surface area contributed by atoms with Gasteiger partial charge in [-0.2, -0.15) is 0 Å². The van der Waals surface area contributed by atoms with Crippen LogP contribution in [0.15, 0.2) is 47.1 Å². The van der Waals surface area contributed by atoms with Gasteiger partial charge in [0.1, 0.15) is 0 Å². The molecule has 1 unspecified atom stereocenters. The minimum atomic E-state index is 0.161. The largest absolute Gasteiger partial charge is 0.305 e. The van der Waals surface area contributed by atoms with E-state index in [0.717, 1.165) is 23.1 Å². The summed E-state index contributed by atoms with van der Waals surface area (Å²) in [5, 5.41) is 3.56. The van der Waals surface area contributed by atoms with Crippen LogP contribution in [0.4, 0.5) is 0 Å². The summed E-state index contributed by atoms with van der Waals surface area (Å²) in [4.78, 5) is 4.52. The highest BCUT2D eigenvalue weighted by Gasteiger charge is 2.14. The van der Waals surface area contributed by atoms with Gasteiger partial charge in [0, 0.05) is 10.7 Å². The van der Waals surface area contributed by atoms with E-state index >= 15 is 0 Å². The Morgan fingerprint density at radius 2 is 1.89 bits per heavy atom. The van der Waals surface area contributed by atoms with Crippen LogP contribution in [0.5, 0.6) is 0 Å². The zero-order valence-electron chi connectivity index (χ0n) is 11.4. The number of benzene rings is 1. The summed E-state index contributed by atoms with van der Waals surface area (Å²) in [5.74, 6) is 0. The van der Waals surface area contributed by atoms with E-state index in [4.69, 9.17) is 0 Å². The minimum absolute atomic E-state index is 0.161. The molecule has 1 N–H and O–H groups in total. The summed E-state index contributed by atoms with van der Waals surface area (Å²) in [7, 11) is 0. The van der Waals surface area contributed by atoms with E-state index in [1.807, 2.05) is 12.3 Å². The molecule has 0 saturated carbocycles. The Kier molecular flexibility index (Phi) is 5.11. The number of rotatable bonds is 5. The maximum absolute atomic E-state index is 4.52. The van der Waals surface area contributed by atoms with Gasteiger partial charge >= 0.3 is 0 Å². The molecule has 2 aromatic rings. The van der Waals surface area contributed by atoms with Gasteiger partial charge < -0.3 is 5.32 Å². The molecule has 1 atom stereocenters. The fourth-order valence-corrected chi connectivity index (χ4v) is 2.23. The summed E-state index contributed by atoms with van der Waals surface area (Å²) in [6.07, 6.45) is 2.96. The monoisotopic (exact) mass is 318 g/mol. The second-order valence-electron chi connectivity index (χ2n) is 4.70. The van der Waals surface area contributed by atoms with Crippen molar-refractivity contribution in [3.05, 3.63) is 63.9 Å². The summed E-state index contributed by atoms with van der Waals surface area (Å²) < 4.78 is 1.01. The number of nitrogens with zero attached hydrogens (tertiary/aromatic N) is 1. The lowest BCUT2D eigenvalue weighted by atomic mass is 10.0. The number of nitrogens with one attached hydrogen (secondary N) is 1. The van der Waals surface area contributed by atoms with E-state index in [0.29, 0.717) is 0 Å². The zero-order chi connectivity index (χ0) is 13.7. The standard InChI is InChI=1S/C16H19BrN2/c1-3-10-18-16(13-6-4-12(2)5-7-13)15-9-8-14(17)11-19-15/h4-9,11,16,18H,3,10H2,1-2H3. The molecule has 0 bridgehead atoms. The van der Waals surface area contributed by atoms with Crippen LogP contribution in [0.3, 0.4) is 0 Å². The SMILES string of the molecule is CCCNC(c1ccc(C)cc1)c1ccc(Br)cn1. The molecule has 1 aromatic heterocycles. The third kappa shape index (κ3) is 3.88. The van der Waals surface area contributed by atoms with Crippen molar-refractivity contribution in [2.75, 3.05) is 6.54 Å². The molecule has 0 spiro atoms. The quantitative estimate of drug-likeness (QED) is 0.891. The molecule has 100 valence electrons. The second-order valence-corrected chi connectivity index (χ2v) is 5.61. The van der Waals surface area contributed by atoms with E-state index in [1.54, 1.807) is 0 Å². The van der Waals surface area contributed by atoms with E-state index in [9.17, 15) is 0 Å². The number of halogens is 1. The number of hydrogen-bond acceptors (Lipinski definition) is 2. The molecule has 19 heavy (non-hydrogen) atoms. The second kappa shape index (κ2) is 6.83. The van der Waals surface area contributed by atoms with Gasteiger partial charge in [-0.25, -0.2) is 0 Å². The van der Waals surface area contributed by atoms with Crippen molar-refractivity contribution in [3.63, 3.8) is 0 Å². The first-order valence-electron chi connectivity index (χ1n) is 6.62. The first-order valence-corrected chi connectivity index (χ1v) is 7.41. The summed E-state index contributed by atoms with van der Waals surface area (Å²) in [6, 6.07) is 12.9. The molecule has 2 nitrogen and oxygen atoms in total. The average Bonchev–Trinajstić information content (AvgIpc) is 2.43. The maximum atomic E-state index is 4.52. The number of aromatic nitrogens is 1. The number of aryl methyl sites for hydroxylation is 1. The van der Waals surface area contributed by atoms with Crippen LogP contribution in [0.25, 0.3) is 0 Å². The Hall–Kier alpha value is -1.19. The van der Waals surface area contributed by atoms with E-state index in [-0.39, 0.29) is 6.04 Å². The topological polar surface area (TPSA) is 24.9 Å². The zero-order valence-corrected chi connectivity index (χ0v) is 12.9. The van der Waals surface area contributed by atoms with Crippen LogP contribution in [0.2, 0.25) is 0 Å². The molecular weight excluding hydrogens is 300 g/mol. The number of pyridine rings is 1. The molecule has 0 aliphatic rings. The molecule has 0 amide bonds. The lowest BCUT2D eigenvalue weighted by Crippen LogP contribution is -2.24. The van der Waals surface area contributed by atoms with Crippen molar-refractivity contribution in [2.45, 2.75) is 26.3 Å². The molecule has 0 fully saturated rings. The lowest BCUT2D eigenvalue weighted by Gasteiger charge is -2.19. The smallest absolute Gasteiger partial charge is 0.0751 e. The van der Waals surface area contributed by atoms with Gasteiger partial charge in [0.25, 0.3) is 0 Å². The highest BCUT2D eigenvalue weighted by Crippen LogP contribution is 2.22. The van der Waals surface area contributed by atoms with Crippen molar-refractivity contribution in [1.82, 2.24) is 10.3 Å². The maximum Gasteiger partial charge on any atom is 0.0751 e. The Bertz CT molecular complexity index is 460. The van der Waals surface area contributed by atoms with Crippen LogP contribution >= 0.6 is 15.9 Å². The van der Waals surface area contributed by atoms with E-state index in [2.05, 4.69) is 70.4 Å². The summed E-state index contributed by atoms with van der Waals surface area (Å²) in [5.41, 5.74) is 3.59. The Balaban J connectivity index is 2.29. The van der Waals surface area contributed by atoms with Crippen LogP contribution in [0.1, 0.15) is 36.2 Å². The first-order chi connectivity index (χ1) is 9.20. The number of hydrogen-bond donors (Lipinski definition) is 1. The molecule has 0 aliphatic carbocycles. The average molecular weight is 319 g/mol. The predicted molar refractivity (Wildman–Crippen MR) is 83.3 cm³/mol. The molecule has 1 aromatic carbocycles. The van der Waals surface area contributed by atoms with Crippen LogP contribution in [-0.4, -0.2) is 11.5 Å². The molecule has 0 saturated heterocycles. The molecule has 1 heterocycles. The van der Waals surface area contributed by atoms with Crippen LogP contribution < -0.4 is 5.32 Å². The van der Waals surface area contributed by atoms with Gasteiger partial charge in [-0.1, -0.05) is 36.8 Å². The van der Waals surface area contributed by atoms with Crippen molar-refractivity contribution >= 4 is 15.9 Å². The van der Waals surface area contributed by atoms with Gasteiger partial charge in [0.15, 0.2) is 0 Å². The fraction of sp³-hybridized carbons (Fsp3) is 0.312. The Morgan fingerprint density at radius 1 is 1.16 bits per heavy atom. The molecule has 2 rings (SSSR count). The third-order valence-corrected chi connectivity index (χ3v) is 3.52.